The first-order chi connectivity index (χ1) is 7.79. The highest BCUT2D eigenvalue weighted by Crippen LogP contribution is 2.05. The third kappa shape index (κ3) is 2.31. The van der Waals surface area contributed by atoms with E-state index in [0.29, 0.717) is 12.0 Å². The van der Waals surface area contributed by atoms with Crippen LogP contribution >= 0.6 is 0 Å². The molecule has 0 aliphatic heterocycles. The molecule has 2 heterocycles. The Morgan fingerprint density at radius 3 is 2.88 bits per heavy atom. The van der Waals surface area contributed by atoms with Crippen molar-refractivity contribution in [1.29, 1.82) is 0 Å². The van der Waals surface area contributed by atoms with Crippen LogP contribution in [0, 0.1) is 0 Å². The van der Waals surface area contributed by atoms with E-state index in [1.54, 1.807) is 16.9 Å². The van der Waals surface area contributed by atoms with Gasteiger partial charge in [0.2, 0.25) is 0 Å². The number of nitrogens with zero attached hydrogens (tertiary/aromatic N) is 4. The summed E-state index contributed by atoms with van der Waals surface area (Å²) in [5, 5.41) is 11.4. The molecule has 0 aliphatic carbocycles. The molecular weight excluding hydrogens is 204 g/mol. The fourth-order valence-corrected chi connectivity index (χ4v) is 1.41. The number of carbonyl (C=O) groups is 1. The Hall–Kier alpha value is -2.04. The summed E-state index contributed by atoms with van der Waals surface area (Å²) in [7, 11) is 0. The molecule has 0 aromatic carbocycles. The van der Waals surface area contributed by atoms with E-state index in [-0.39, 0.29) is 5.78 Å². The number of ketones is 1. The molecular formula is C11H12N4O. The number of carbonyl (C=O) groups excluding carboxylic acids is 1. The Morgan fingerprint density at radius 1 is 1.38 bits per heavy atom. The predicted octanol–water partition coefficient (Wildman–Crippen LogP) is 1.12. The Labute approximate surface area is 93.1 Å². The zero-order chi connectivity index (χ0) is 11.4. The highest BCUT2D eigenvalue weighted by Gasteiger charge is 2.08. The van der Waals surface area contributed by atoms with Crippen LogP contribution in [0.2, 0.25) is 0 Å². The zero-order valence-electron chi connectivity index (χ0n) is 9.00. The first-order valence-corrected chi connectivity index (χ1v) is 5.11. The van der Waals surface area contributed by atoms with Gasteiger partial charge in [0, 0.05) is 24.7 Å². The van der Waals surface area contributed by atoms with E-state index in [2.05, 4.69) is 15.3 Å². The summed E-state index contributed by atoms with van der Waals surface area (Å²) in [6.07, 6.45) is 6.95. The molecule has 0 radical (unpaired) electrons. The van der Waals surface area contributed by atoms with Gasteiger partial charge in [0.15, 0.2) is 5.78 Å². The second-order valence-corrected chi connectivity index (χ2v) is 3.44. The molecule has 2 aromatic heterocycles. The van der Waals surface area contributed by atoms with Crippen LogP contribution in [-0.4, -0.2) is 25.8 Å². The summed E-state index contributed by atoms with van der Waals surface area (Å²) < 4.78 is 1.80. The lowest BCUT2D eigenvalue weighted by atomic mass is 10.1. The normalized spacial score (nSPS) is 10.3. The summed E-state index contributed by atoms with van der Waals surface area (Å²) in [4.78, 5) is 11.8. The monoisotopic (exact) mass is 216 g/mol. The Morgan fingerprint density at radius 2 is 2.25 bits per heavy atom. The molecule has 0 atom stereocenters. The minimum Gasteiger partial charge on any atom is -0.294 e. The number of hydrogen-bond donors (Lipinski definition) is 0. The van der Waals surface area contributed by atoms with E-state index in [4.69, 9.17) is 0 Å². The fraction of sp³-hybridized carbons (Fsp3) is 0.273. The second-order valence-electron chi connectivity index (χ2n) is 3.44. The molecule has 2 rings (SSSR count). The minimum atomic E-state index is 0.0329. The van der Waals surface area contributed by atoms with Gasteiger partial charge in [0.25, 0.3) is 0 Å². The van der Waals surface area contributed by atoms with Crippen LogP contribution in [-0.2, 0) is 13.0 Å². The van der Waals surface area contributed by atoms with Gasteiger partial charge in [-0.05, 0) is 18.6 Å². The van der Waals surface area contributed by atoms with Gasteiger partial charge in [0.1, 0.15) is 0 Å². The van der Waals surface area contributed by atoms with E-state index in [1.165, 1.54) is 12.4 Å². The van der Waals surface area contributed by atoms with E-state index < -0.39 is 0 Å². The summed E-state index contributed by atoms with van der Waals surface area (Å²) >= 11 is 0. The van der Waals surface area contributed by atoms with Crippen molar-refractivity contribution < 1.29 is 4.79 Å². The van der Waals surface area contributed by atoms with Crippen molar-refractivity contribution >= 4 is 5.78 Å². The standard InChI is InChI=1S/C11H12N4O/c1-2-15-8-9(6-14-15)5-11(16)10-3-4-12-13-7-10/h3-4,6-8H,2,5H2,1H3. The molecule has 0 amide bonds. The van der Waals surface area contributed by atoms with Crippen LogP contribution in [0.15, 0.2) is 30.9 Å². The number of rotatable bonds is 4. The molecule has 5 heteroatoms. The van der Waals surface area contributed by atoms with Crippen LogP contribution in [0.3, 0.4) is 0 Å². The molecule has 5 nitrogen and oxygen atoms in total. The lowest BCUT2D eigenvalue weighted by Gasteiger charge is -1.97. The number of Topliss-reactive ketones (excluding diaryl/α,β-unsaturated/α-hetero) is 1. The first-order valence-electron chi connectivity index (χ1n) is 5.11. The van der Waals surface area contributed by atoms with Crippen molar-refractivity contribution in [2.24, 2.45) is 0 Å². The van der Waals surface area contributed by atoms with Gasteiger partial charge in [-0.1, -0.05) is 0 Å². The Bertz CT molecular complexity index is 478. The zero-order valence-corrected chi connectivity index (χ0v) is 9.00. The van der Waals surface area contributed by atoms with E-state index in [1.807, 2.05) is 13.1 Å². The summed E-state index contributed by atoms with van der Waals surface area (Å²) in [6.45, 7) is 2.82. The maximum atomic E-state index is 11.8. The largest absolute Gasteiger partial charge is 0.294 e. The highest BCUT2D eigenvalue weighted by atomic mass is 16.1. The van der Waals surface area contributed by atoms with Crippen LogP contribution in [0.5, 0.6) is 0 Å². The fourth-order valence-electron chi connectivity index (χ4n) is 1.41. The van der Waals surface area contributed by atoms with Crippen molar-refractivity contribution in [2.75, 3.05) is 0 Å². The summed E-state index contributed by atoms with van der Waals surface area (Å²) in [5.74, 6) is 0.0329. The summed E-state index contributed by atoms with van der Waals surface area (Å²) in [6, 6.07) is 1.67. The van der Waals surface area contributed by atoms with Crippen LogP contribution in [0.1, 0.15) is 22.8 Å². The van der Waals surface area contributed by atoms with Gasteiger partial charge in [0.05, 0.1) is 18.6 Å². The van der Waals surface area contributed by atoms with Gasteiger partial charge in [-0.25, -0.2) is 0 Å². The number of hydrogen-bond acceptors (Lipinski definition) is 4. The van der Waals surface area contributed by atoms with Crippen LogP contribution in [0.4, 0.5) is 0 Å². The molecule has 2 aromatic rings. The topological polar surface area (TPSA) is 60.7 Å². The molecule has 0 N–H and O–H groups in total. The lowest BCUT2D eigenvalue weighted by Crippen LogP contribution is -2.03. The molecule has 0 saturated heterocycles. The van der Waals surface area contributed by atoms with E-state index >= 15 is 0 Å². The smallest absolute Gasteiger partial charge is 0.169 e. The average Bonchev–Trinajstić information content (AvgIpc) is 2.78. The van der Waals surface area contributed by atoms with Gasteiger partial charge < -0.3 is 0 Å². The lowest BCUT2D eigenvalue weighted by molar-refractivity contribution is 0.0992. The van der Waals surface area contributed by atoms with Crippen molar-refractivity contribution in [3.8, 4) is 0 Å². The first kappa shape index (κ1) is 10.5. The maximum Gasteiger partial charge on any atom is 0.169 e. The molecule has 0 saturated carbocycles. The summed E-state index contributed by atoms with van der Waals surface area (Å²) in [5.41, 5.74) is 1.50. The van der Waals surface area contributed by atoms with Crippen LogP contribution in [0.25, 0.3) is 0 Å². The number of aryl methyl sites for hydroxylation is 1. The van der Waals surface area contributed by atoms with Crippen molar-refractivity contribution in [1.82, 2.24) is 20.0 Å². The molecule has 0 unspecified atom stereocenters. The van der Waals surface area contributed by atoms with Crippen molar-refractivity contribution in [3.05, 3.63) is 42.0 Å². The second kappa shape index (κ2) is 4.65. The minimum absolute atomic E-state index is 0.0329. The average molecular weight is 216 g/mol. The highest BCUT2D eigenvalue weighted by molar-refractivity contribution is 5.97. The Balaban J connectivity index is 2.08. The molecule has 16 heavy (non-hydrogen) atoms. The van der Waals surface area contributed by atoms with Gasteiger partial charge >= 0.3 is 0 Å². The third-order valence-electron chi connectivity index (χ3n) is 2.28. The van der Waals surface area contributed by atoms with Gasteiger partial charge in [-0.15, -0.1) is 0 Å². The molecule has 0 spiro atoms. The SMILES string of the molecule is CCn1cc(CC(=O)c2ccnnc2)cn1. The molecule has 0 fully saturated rings. The van der Waals surface area contributed by atoms with Crippen molar-refractivity contribution in [3.63, 3.8) is 0 Å². The maximum absolute atomic E-state index is 11.8. The Kier molecular flexibility index (Phi) is 3.05. The van der Waals surface area contributed by atoms with Crippen molar-refractivity contribution in [2.45, 2.75) is 19.9 Å². The number of aromatic nitrogens is 4. The van der Waals surface area contributed by atoms with Crippen LogP contribution < -0.4 is 0 Å². The third-order valence-corrected chi connectivity index (χ3v) is 2.28. The van der Waals surface area contributed by atoms with Gasteiger partial charge in [-0.2, -0.15) is 15.3 Å². The quantitative estimate of drug-likeness (QED) is 0.718. The van der Waals surface area contributed by atoms with Gasteiger partial charge in [-0.3, -0.25) is 9.48 Å². The molecule has 82 valence electrons. The van der Waals surface area contributed by atoms with E-state index in [9.17, 15) is 4.79 Å². The van der Waals surface area contributed by atoms with E-state index in [0.717, 1.165) is 12.1 Å². The molecule has 0 bridgehead atoms. The molecule has 0 aliphatic rings. The predicted molar refractivity (Wildman–Crippen MR) is 58.0 cm³/mol.